The fourth-order valence-corrected chi connectivity index (χ4v) is 3.59. The Morgan fingerprint density at radius 2 is 1.94 bits per heavy atom. The van der Waals surface area contributed by atoms with Crippen LogP contribution in [0.5, 0.6) is 5.75 Å². The second-order valence-corrected chi connectivity index (χ2v) is 7.52. The average molecular weight is 441 g/mol. The highest BCUT2D eigenvalue weighted by Crippen LogP contribution is 2.28. The third-order valence-electron chi connectivity index (χ3n) is 5.29. The second-order valence-electron chi connectivity index (χ2n) is 7.52. The van der Waals surface area contributed by atoms with Crippen molar-refractivity contribution in [2.24, 2.45) is 0 Å². The normalized spacial score (nSPS) is 18.8. The number of nitrogens with zero attached hydrogens (tertiary/aromatic N) is 2. The molecule has 2 heterocycles. The molecule has 2 N–H and O–H groups in total. The lowest BCUT2D eigenvalue weighted by Gasteiger charge is -2.29. The van der Waals surface area contributed by atoms with E-state index in [0.717, 1.165) is 5.56 Å². The Hall–Kier alpha value is -3.59. The predicted molar refractivity (Wildman–Crippen MR) is 117 cm³/mol. The number of cyclic esters (lactones) is 1. The Balaban J connectivity index is 1.31. The molecule has 2 fully saturated rings. The third-order valence-corrected chi connectivity index (χ3v) is 5.29. The number of hydrogen-bond acceptors (Lipinski definition) is 6. The van der Waals surface area contributed by atoms with Crippen molar-refractivity contribution >= 4 is 29.5 Å². The van der Waals surface area contributed by atoms with Gasteiger partial charge in [-0.2, -0.15) is 0 Å². The number of anilines is 2. The number of carbonyl (C=O) groups is 2. The Bertz CT molecular complexity index is 1010. The molecule has 2 saturated heterocycles. The molecule has 0 saturated carbocycles. The van der Waals surface area contributed by atoms with Crippen LogP contribution in [0, 0.1) is 5.82 Å². The molecule has 2 aliphatic heterocycles. The van der Waals surface area contributed by atoms with E-state index in [9.17, 15) is 19.1 Å². The van der Waals surface area contributed by atoms with Gasteiger partial charge in [-0.1, -0.05) is 12.1 Å². The van der Waals surface area contributed by atoms with Gasteiger partial charge in [-0.25, -0.2) is 9.18 Å². The van der Waals surface area contributed by atoms with Gasteiger partial charge in [0.05, 0.1) is 37.7 Å². The van der Waals surface area contributed by atoms with Crippen molar-refractivity contribution in [3.63, 3.8) is 0 Å². The lowest BCUT2D eigenvalue weighted by molar-refractivity contribution is -0.116. The van der Waals surface area contributed by atoms with Crippen LogP contribution < -0.4 is 15.1 Å². The smallest absolute Gasteiger partial charge is 0.414 e. The van der Waals surface area contributed by atoms with Crippen molar-refractivity contribution in [1.82, 2.24) is 5.32 Å². The quantitative estimate of drug-likeness (QED) is 0.670. The number of amides is 2. The molecular formula is C23H24FN3O5. The van der Waals surface area contributed by atoms with Gasteiger partial charge in [0.15, 0.2) is 0 Å². The summed E-state index contributed by atoms with van der Waals surface area (Å²) < 4.78 is 25.3. The topological polar surface area (TPSA) is 91.3 Å². The zero-order chi connectivity index (χ0) is 22.5. The van der Waals surface area contributed by atoms with Crippen molar-refractivity contribution in [2.75, 3.05) is 49.2 Å². The van der Waals surface area contributed by atoms with E-state index in [4.69, 9.17) is 9.47 Å². The van der Waals surface area contributed by atoms with Crippen LogP contribution in [0.1, 0.15) is 5.56 Å². The summed E-state index contributed by atoms with van der Waals surface area (Å²) in [6.45, 7) is 2.68. The first-order valence-electron chi connectivity index (χ1n) is 10.3. The second kappa shape index (κ2) is 9.69. The van der Waals surface area contributed by atoms with Gasteiger partial charge >= 0.3 is 6.09 Å². The van der Waals surface area contributed by atoms with E-state index >= 15 is 0 Å². The minimum Gasteiger partial charge on any atom is -0.508 e. The van der Waals surface area contributed by atoms with Crippen LogP contribution in [-0.4, -0.2) is 62.6 Å². The average Bonchev–Trinajstić information content (AvgIpc) is 3.18. The maximum atomic E-state index is 14.7. The summed E-state index contributed by atoms with van der Waals surface area (Å²) in [7, 11) is 0. The molecular weight excluding hydrogens is 417 g/mol. The van der Waals surface area contributed by atoms with Gasteiger partial charge in [0.1, 0.15) is 17.7 Å². The highest BCUT2D eigenvalue weighted by molar-refractivity contribution is 5.92. The van der Waals surface area contributed by atoms with Gasteiger partial charge in [-0.15, -0.1) is 0 Å². The Kier molecular flexibility index (Phi) is 6.55. The van der Waals surface area contributed by atoms with Crippen LogP contribution in [0.2, 0.25) is 0 Å². The van der Waals surface area contributed by atoms with Crippen molar-refractivity contribution in [2.45, 2.75) is 6.10 Å². The van der Waals surface area contributed by atoms with Gasteiger partial charge in [0, 0.05) is 19.2 Å². The van der Waals surface area contributed by atoms with Crippen molar-refractivity contribution in [3.05, 3.63) is 59.9 Å². The minimum absolute atomic E-state index is 0.134. The number of nitrogens with one attached hydrogen (secondary N) is 1. The molecule has 32 heavy (non-hydrogen) atoms. The summed E-state index contributed by atoms with van der Waals surface area (Å²) in [4.78, 5) is 27.6. The maximum Gasteiger partial charge on any atom is 0.414 e. The number of ether oxygens (including phenoxy) is 2. The zero-order valence-corrected chi connectivity index (χ0v) is 17.4. The van der Waals surface area contributed by atoms with Crippen LogP contribution >= 0.6 is 0 Å². The summed E-state index contributed by atoms with van der Waals surface area (Å²) in [6.07, 6.45) is 1.85. The Morgan fingerprint density at radius 3 is 2.66 bits per heavy atom. The molecule has 0 aromatic heterocycles. The molecule has 168 valence electrons. The molecule has 2 aromatic rings. The minimum atomic E-state index is -0.581. The van der Waals surface area contributed by atoms with Gasteiger partial charge in [0.2, 0.25) is 5.91 Å². The van der Waals surface area contributed by atoms with E-state index in [-0.39, 0.29) is 24.7 Å². The van der Waals surface area contributed by atoms with E-state index in [1.54, 1.807) is 30.3 Å². The van der Waals surface area contributed by atoms with E-state index in [1.807, 2.05) is 4.90 Å². The molecule has 0 spiro atoms. The lowest BCUT2D eigenvalue weighted by Crippen LogP contribution is -2.36. The molecule has 1 atom stereocenters. The molecule has 2 aliphatic rings. The summed E-state index contributed by atoms with van der Waals surface area (Å²) in [6, 6.07) is 11.1. The van der Waals surface area contributed by atoms with Crippen molar-refractivity contribution in [1.29, 1.82) is 0 Å². The SMILES string of the molecule is O=C(C=Cc1ccc(O)cc1)NCC1CN(c2ccc(N3CCOCC3)c(F)c2)C(=O)O1. The van der Waals surface area contributed by atoms with E-state index < -0.39 is 18.0 Å². The van der Waals surface area contributed by atoms with Gasteiger partial charge in [0.25, 0.3) is 0 Å². The van der Waals surface area contributed by atoms with Crippen molar-refractivity contribution in [3.8, 4) is 5.75 Å². The number of halogens is 1. The number of aromatic hydroxyl groups is 1. The van der Waals surface area contributed by atoms with Gasteiger partial charge in [-0.05, 0) is 42.0 Å². The molecule has 0 radical (unpaired) electrons. The maximum absolute atomic E-state index is 14.7. The standard InChI is InChI=1S/C23H24FN3O5/c24-20-13-17(4-7-21(20)26-9-11-31-12-10-26)27-15-19(32-23(27)30)14-25-22(29)8-3-16-1-5-18(28)6-2-16/h1-8,13,19,28H,9-12,14-15H2,(H,25,29). The zero-order valence-electron chi connectivity index (χ0n) is 17.4. The molecule has 9 heteroatoms. The van der Waals surface area contributed by atoms with Crippen LogP contribution in [0.4, 0.5) is 20.6 Å². The summed E-state index contributed by atoms with van der Waals surface area (Å²) in [5, 5.41) is 12.0. The lowest BCUT2D eigenvalue weighted by atomic mass is 10.2. The largest absolute Gasteiger partial charge is 0.508 e. The highest BCUT2D eigenvalue weighted by atomic mass is 19.1. The third kappa shape index (κ3) is 5.17. The number of rotatable bonds is 6. The highest BCUT2D eigenvalue weighted by Gasteiger charge is 2.33. The fraction of sp³-hybridized carbons (Fsp3) is 0.304. The molecule has 0 bridgehead atoms. The number of benzene rings is 2. The number of morpholine rings is 1. The molecule has 2 aromatic carbocycles. The number of carbonyl (C=O) groups excluding carboxylic acids is 2. The number of hydrogen-bond donors (Lipinski definition) is 2. The molecule has 4 rings (SSSR count). The van der Waals surface area contributed by atoms with Crippen LogP contribution in [-0.2, 0) is 14.3 Å². The number of phenolic OH excluding ortho intramolecular Hbond substituents is 1. The Morgan fingerprint density at radius 1 is 1.19 bits per heavy atom. The predicted octanol–water partition coefficient (Wildman–Crippen LogP) is 2.52. The van der Waals surface area contributed by atoms with Crippen molar-refractivity contribution < 1.29 is 28.6 Å². The summed E-state index contributed by atoms with van der Waals surface area (Å²) >= 11 is 0. The molecule has 2 amide bonds. The van der Waals surface area contributed by atoms with Crippen LogP contribution in [0.25, 0.3) is 6.08 Å². The molecule has 0 aliphatic carbocycles. The van der Waals surface area contributed by atoms with Gasteiger partial charge in [-0.3, -0.25) is 9.69 Å². The first-order chi connectivity index (χ1) is 15.5. The summed E-state index contributed by atoms with van der Waals surface area (Å²) in [5.74, 6) is -0.600. The molecule has 1 unspecified atom stereocenters. The monoisotopic (exact) mass is 441 g/mol. The van der Waals surface area contributed by atoms with Crippen LogP contribution in [0.3, 0.4) is 0 Å². The van der Waals surface area contributed by atoms with Crippen LogP contribution in [0.15, 0.2) is 48.5 Å². The van der Waals surface area contributed by atoms with Gasteiger partial charge < -0.3 is 24.8 Å². The fourth-order valence-electron chi connectivity index (χ4n) is 3.59. The first-order valence-corrected chi connectivity index (χ1v) is 10.3. The summed E-state index contributed by atoms with van der Waals surface area (Å²) in [5.41, 5.74) is 1.65. The number of phenols is 1. The first kappa shape index (κ1) is 21.6. The Labute approximate surface area is 184 Å². The molecule has 8 nitrogen and oxygen atoms in total. The van der Waals surface area contributed by atoms with E-state index in [1.165, 1.54) is 29.2 Å². The van der Waals surface area contributed by atoms with E-state index in [2.05, 4.69) is 5.32 Å². The van der Waals surface area contributed by atoms with E-state index in [0.29, 0.717) is 37.7 Å².